The Balaban J connectivity index is 1.55. The molecule has 2 saturated heterocycles. The van der Waals surface area contributed by atoms with Crippen LogP contribution in [0.3, 0.4) is 0 Å². The molecule has 0 aliphatic carbocycles. The number of rotatable bonds is 6. The molecule has 2 aliphatic heterocycles. The SMILES string of the molecule is CC(CC1CCCCCN1)NCCN1CCCCCC1. The van der Waals surface area contributed by atoms with E-state index in [1.807, 2.05) is 0 Å². The highest BCUT2D eigenvalue weighted by Crippen LogP contribution is 2.12. The average molecular weight is 281 g/mol. The summed E-state index contributed by atoms with van der Waals surface area (Å²) in [5.41, 5.74) is 0. The molecule has 20 heavy (non-hydrogen) atoms. The predicted molar refractivity (Wildman–Crippen MR) is 87.2 cm³/mol. The second-order valence-electron chi connectivity index (χ2n) is 6.85. The Kier molecular flexibility index (Phi) is 7.92. The molecule has 2 aliphatic rings. The molecular formula is C17H35N3. The number of hydrogen-bond acceptors (Lipinski definition) is 3. The fourth-order valence-corrected chi connectivity index (χ4v) is 3.64. The Morgan fingerprint density at radius 3 is 2.60 bits per heavy atom. The molecule has 118 valence electrons. The van der Waals surface area contributed by atoms with Gasteiger partial charge in [-0.15, -0.1) is 0 Å². The van der Waals surface area contributed by atoms with Crippen molar-refractivity contribution in [3.63, 3.8) is 0 Å². The molecule has 0 aromatic carbocycles. The molecule has 0 spiro atoms. The molecular weight excluding hydrogens is 246 g/mol. The summed E-state index contributed by atoms with van der Waals surface area (Å²) < 4.78 is 0. The standard InChI is InChI=1S/C17H35N3/c1-16(15-17-9-5-4-6-10-19-17)18-11-14-20-12-7-2-3-8-13-20/h16-19H,2-15H2,1H3. The number of likely N-dealkylation sites (tertiary alicyclic amines) is 1. The molecule has 3 heteroatoms. The van der Waals surface area contributed by atoms with Crippen molar-refractivity contribution in [3.05, 3.63) is 0 Å². The summed E-state index contributed by atoms with van der Waals surface area (Å²) in [5.74, 6) is 0. The Morgan fingerprint density at radius 2 is 1.80 bits per heavy atom. The van der Waals surface area contributed by atoms with Crippen molar-refractivity contribution in [2.45, 2.75) is 76.8 Å². The van der Waals surface area contributed by atoms with Crippen LogP contribution in [-0.4, -0.2) is 49.7 Å². The Hall–Kier alpha value is -0.120. The van der Waals surface area contributed by atoms with E-state index in [-0.39, 0.29) is 0 Å². The molecule has 2 unspecified atom stereocenters. The summed E-state index contributed by atoms with van der Waals surface area (Å²) in [6.45, 7) is 8.62. The van der Waals surface area contributed by atoms with Gasteiger partial charge in [-0.25, -0.2) is 0 Å². The molecule has 0 aromatic heterocycles. The van der Waals surface area contributed by atoms with Crippen molar-refractivity contribution >= 4 is 0 Å². The van der Waals surface area contributed by atoms with Crippen LogP contribution in [0.15, 0.2) is 0 Å². The fraction of sp³-hybridized carbons (Fsp3) is 1.00. The van der Waals surface area contributed by atoms with Gasteiger partial charge in [-0.3, -0.25) is 0 Å². The predicted octanol–water partition coefficient (Wildman–Crippen LogP) is 2.76. The second kappa shape index (κ2) is 9.75. The lowest BCUT2D eigenvalue weighted by molar-refractivity contribution is 0.276. The Morgan fingerprint density at radius 1 is 1.05 bits per heavy atom. The first-order valence-electron chi connectivity index (χ1n) is 9.04. The van der Waals surface area contributed by atoms with Gasteiger partial charge >= 0.3 is 0 Å². The van der Waals surface area contributed by atoms with E-state index < -0.39 is 0 Å². The van der Waals surface area contributed by atoms with Crippen molar-refractivity contribution in [1.29, 1.82) is 0 Å². The summed E-state index contributed by atoms with van der Waals surface area (Å²) in [4.78, 5) is 2.65. The largest absolute Gasteiger partial charge is 0.314 e. The van der Waals surface area contributed by atoms with E-state index in [9.17, 15) is 0 Å². The molecule has 2 atom stereocenters. The van der Waals surface area contributed by atoms with Gasteiger partial charge in [0, 0.05) is 25.2 Å². The van der Waals surface area contributed by atoms with Gasteiger partial charge in [-0.05, 0) is 58.7 Å². The third-order valence-electron chi connectivity index (χ3n) is 4.92. The van der Waals surface area contributed by atoms with Gasteiger partial charge in [-0.1, -0.05) is 25.7 Å². The van der Waals surface area contributed by atoms with Gasteiger partial charge in [0.05, 0.1) is 0 Å². The smallest absolute Gasteiger partial charge is 0.0107 e. The minimum Gasteiger partial charge on any atom is -0.314 e. The fourth-order valence-electron chi connectivity index (χ4n) is 3.64. The maximum absolute atomic E-state index is 3.74. The van der Waals surface area contributed by atoms with Crippen molar-refractivity contribution in [1.82, 2.24) is 15.5 Å². The Labute approximate surface area is 125 Å². The van der Waals surface area contributed by atoms with Crippen molar-refractivity contribution in [2.24, 2.45) is 0 Å². The quantitative estimate of drug-likeness (QED) is 0.784. The molecule has 2 rings (SSSR count). The number of nitrogens with one attached hydrogen (secondary N) is 2. The van der Waals surface area contributed by atoms with Gasteiger partial charge < -0.3 is 15.5 Å². The zero-order valence-electron chi connectivity index (χ0n) is 13.5. The molecule has 0 radical (unpaired) electrons. The van der Waals surface area contributed by atoms with Crippen LogP contribution in [0.1, 0.15) is 64.7 Å². The van der Waals surface area contributed by atoms with Gasteiger partial charge in [-0.2, -0.15) is 0 Å². The highest BCUT2D eigenvalue weighted by molar-refractivity contribution is 4.76. The van der Waals surface area contributed by atoms with Crippen LogP contribution in [-0.2, 0) is 0 Å². The third kappa shape index (κ3) is 6.55. The highest BCUT2D eigenvalue weighted by Gasteiger charge is 2.15. The van der Waals surface area contributed by atoms with Crippen molar-refractivity contribution in [3.8, 4) is 0 Å². The lowest BCUT2D eigenvalue weighted by Gasteiger charge is -2.24. The molecule has 3 nitrogen and oxygen atoms in total. The van der Waals surface area contributed by atoms with E-state index in [1.54, 1.807) is 0 Å². The minimum atomic E-state index is 0.651. The monoisotopic (exact) mass is 281 g/mol. The third-order valence-corrected chi connectivity index (χ3v) is 4.92. The lowest BCUT2D eigenvalue weighted by atomic mass is 10.0. The second-order valence-corrected chi connectivity index (χ2v) is 6.85. The number of nitrogens with zero attached hydrogens (tertiary/aromatic N) is 1. The highest BCUT2D eigenvalue weighted by atomic mass is 15.1. The normalized spacial score (nSPS) is 27.8. The molecule has 0 aromatic rings. The van der Waals surface area contributed by atoms with Crippen molar-refractivity contribution < 1.29 is 0 Å². The van der Waals surface area contributed by atoms with E-state index >= 15 is 0 Å². The van der Waals surface area contributed by atoms with Crippen molar-refractivity contribution in [2.75, 3.05) is 32.7 Å². The van der Waals surface area contributed by atoms with E-state index in [2.05, 4.69) is 22.5 Å². The van der Waals surface area contributed by atoms with E-state index in [1.165, 1.54) is 84.0 Å². The molecule has 0 bridgehead atoms. The zero-order valence-corrected chi connectivity index (χ0v) is 13.5. The van der Waals surface area contributed by atoms with Gasteiger partial charge in [0.1, 0.15) is 0 Å². The summed E-state index contributed by atoms with van der Waals surface area (Å²) in [5, 5.41) is 7.45. The summed E-state index contributed by atoms with van der Waals surface area (Å²) in [6, 6.07) is 1.40. The van der Waals surface area contributed by atoms with Crippen LogP contribution in [0.5, 0.6) is 0 Å². The zero-order chi connectivity index (χ0) is 14.0. The minimum absolute atomic E-state index is 0.651. The first kappa shape index (κ1) is 16.3. The molecule has 0 saturated carbocycles. The van der Waals surface area contributed by atoms with E-state index in [4.69, 9.17) is 0 Å². The molecule has 2 N–H and O–H groups in total. The van der Waals surface area contributed by atoms with Crippen LogP contribution >= 0.6 is 0 Å². The number of hydrogen-bond donors (Lipinski definition) is 2. The summed E-state index contributed by atoms with van der Waals surface area (Å²) in [7, 11) is 0. The first-order valence-corrected chi connectivity index (χ1v) is 9.04. The molecule has 0 amide bonds. The first-order chi connectivity index (χ1) is 9.84. The van der Waals surface area contributed by atoms with Crippen LogP contribution in [0.2, 0.25) is 0 Å². The van der Waals surface area contributed by atoms with E-state index in [0.29, 0.717) is 6.04 Å². The van der Waals surface area contributed by atoms with Crippen LogP contribution in [0.4, 0.5) is 0 Å². The van der Waals surface area contributed by atoms with Gasteiger partial charge in [0.2, 0.25) is 0 Å². The van der Waals surface area contributed by atoms with E-state index in [0.717, 1.165) is 12.6 Å². The maximum Gasteiger partial charge on any atom is 0.0107 e. The molecule has 2 fully saturated rings. The van der Waals surface area contributed by atoms with Gasteiger partial charge in [0.25, 0.3) is 0 Å². The van der Waals surface area contributed by atoms with Crippen LogP contribution < -0.4 is 10.6 Å². The summed E-state index contributed by atoms with van der Waals surface area (Å²) >= 11 is 0. The van der Waals surface area contributed by atoms with Gasteiger partial charge in [0.15, 0.2) is 0 Å². The molecule has 2 heterocycles. The van der Waals surface area contributed by atoms with Crippen LogP contribution in [0, 0.1) is 0 Å². The average Bonchev–Trinajstić information content (AvgIpc) is 2.83. The lowest BCUT2D eigenvalue weighted by Crippen LogP contribution is -2.40. The topological polar surface area (TPSA) is 27.3 Å². The summed E-state index contributed by atoms with van der Waals surface area (Å²) in [6.07, 6.45) is 12.5. The Bertz CT molecular complexity index is 228. The van der Waals surface area contributed by atoms with Crippen LogP contribution in [0.25, 0.3) is 0 Å². The maximum atomic E-state index is 3.74.